The number of nitrogens with one attached hydrogen (secondary N) is 2. The molecule has 0 spiro atoms. The predicted molar refractivity (Wildman–Crippen MR) is 72.3 cm³/mol. The van der Waals surface area contributed by atoms with Gasteiger partial charge in [0.25, 0.3) is 0 Å². The van der Waals surface area contributed by atoms with E-state index in [1.807, 2.05) is 13.1 Å². The van der Waals surface area contributed by atoms with Crippen molar-refractivity contribution in [2.24, 2.45) is 5.84 Å². The number of hydrogen-bond donors (Lipinski definition) is 3. The summed E-state index contributed by atoms with van der Waals surface area (Å²) in [5.74, 6) is 7.53. The quantitative estimate of drug-likeness (QED) is 0.377. The van der Waals surface area contributed by atoms with E-state index in [0.717, 1.165) is 37.6 Å². The number of nitrogen functional groups attached to an aromatic ring is 1. The topological polar surface area (TPSA) is 107 Å². The van der Waals surface area contributed by atoms with Crippen LogP contribution in [0.2, 0.25) is 0 Å². The molecule has 0 aliphatic carbocycles. The smallest absolute Gasteiger partial charge is 0.145 e. The number of aryl methyl sites for hydroxylation is 2. The minimum absolute atomic E-state index is 0.616. The second kappa shape index (κ2) is 6.64. The molecule has 0 aromatic carbocycles. The van der Waals surface area contributed by atoms with Crippen molar-refractivity contribution < 1.29 is 0 Å². The summed E-state index contributed by atoms with van der Waals surface area (Å²) in [5.41, 5.74) is 2.54. The average Bonchev–Trinajstić information content (AvgIpc) is 2.96. The van der Waals surface area contributed by atoms with Crippen LogP contribution in [0.1, 0.15) is 19.2 Å². The Kier molecular flexibility index (Phi) is 4.62. The number of nitrogens with two attached hydrogens (primary N) is 1. The van der Waals surface area contributed by atoms with E-state index in [-0.39, 0.29) is 0 Å². The minimum Gasteiger partial charge on any atom is -0.370 e. The Bertz CT molecular complexity index is 473. The number of rotatable bonds is 7. The van der Waals surface area contributed by atoms with E-state index in [2.05, 4.69) is 31.0 Å². The standard InChI is InChI=1S/C11H18N8/c1-2-9-15-10(8-11(16-9)17-12)13-4-3-6-19-7-5-14-18-19/h5,7-8H,2-4,6,12H2,1H3,(H2,13,15,16,17). The van der Waals surface area contributed by atoms with Crippen molar-refractivity contribution in [2.45, 2.75) is 26.3 Å². The highest BCUT2D eigenvalue weighted by Crippen LogP contribution is 2.10. The minimum atomic E-state index is 0.616. The molecule has 0 aliphatic heterocycles. The summed E-state index contributed by atoms with van der Waals surface area (Å²) in [7, 11) is 0. The van der Waals surface area contributed by atoms with E-state index in [4.69, 9.17) is 5.84 Å². The van der Waals surface area contributed by atoms with Crippen LogP contribution < -0.4 is 16.6 Å². The van der Waals surface area contributed by atoms with Crippen molar-refractivity contribution in [3.8, 4) is 0 Å². The van der Waals surface area contributed by atoms with Crippen molar-refractivity contribution in [1.82, 2.24) is 25.0 Å². The first-order chi connectivity index (χ1) is 9.31. The molecule has 0 fully saturated rings. The van der Waals surface area contributed by atoms with E-state index >= 15 is 0 Å². The fourth-order valence-electron chi connectivity index (χ4n) is 1.63. The van der Waals surface area contributed by atoms with Crippen LogP contribution in [0, 0.1) is 0 Å². The molecular formula is C11H18N8. The Morgan fingerprint density at radius 1 is 1.32 bits per heavy atom. The van der Waals surface area contributed by atoms with Crippen LogP contribution in [0.3, 0.4) is 0 Å². The summed E-state index contributed by atoms with van der Waals surface area (Å²) < 4.78 is 1.80. The number of aromatic nitrogens is 5. The van der Waals surface area contributed by atoms with Gasteiger partial charge in [0.15, 0.2) is 0 Å². The van der Waals surface area contributed by atoms with Gasteiger partial charge in [0.1, 0.15) is 17.5 Å². The lowest BCUT2D eigenvalue weighted by molar-refractivity contribution is 0.569. The van der Waals surface area contributed by atoms with Crippen LogP contribution in [0.5, 0.6) is 0 Å². The normalized spacial score (nSPS) is 10.4. The van der Waals surface area contributed by atoms with Crippen LogP contribution in [-0.2, 0) is 13.0 Å². The second-order valence-corrected chi connectivity index (χ2v) is 4.00. The summed E-state index contributed by atoms with van der Waals surface area (Å²) in [6, 6.07) is 1.79. The van der Waals surface area contributed by atoms with Gasteiger partial charge in [-0.1, -0.05) is 12.1 Å². The molecule has 2 aromatic heterocycles. The molecule has 2 rings (SSSR count). The van der Waals surface area contributed by atoms with Crippen molar-refractivity contribution in [3.63, 3.8) is 0 Å². The zero-order valence-electron chi connectivity index (χ0n) is 10.9. The van der Waals surface area contributed by atoms with E-state index in [0.29, 0.717) is 5.82 Å². The van der Waals surface area contributed by atoms with Gasteiger partial charge in [-0.05, 0) is 6.42 Å². The third-order valence-electron chi connectivity index (χ3n) is 2.58. The second-order valence-electron chi connectivity index (χ2n) is 4.00. The third kappa shape index (κ3) is 3.88. The zero-order chi connectivity index (χ0) is 13.5. The molecule has 4 N–H and O–H groups in total. The van der Waals surface area contributed by atoms with Gasteiger partial charge < -0.3 is 10.7 Å². The Hall–Kier alpha value is -2.22. The Balaban J connectivity index is 1.84. The summed E-state index contributed by atoms with van der Waals surface area (Å²) in [6.45, 7) is 3.62. The molecule has 2 heterocycles. The highest BCUT2D eigenvalue weighted by Gasteiger charge is 2.02. The van der Waals surface area contributed by atoms with Crippen LogP contribution in [0.15, 0.2) is 18.5 Å². The first-order valence-electron chi connectivity index (χ1n) is 6.24. The molecule has 2 aromatic rings. The van der Waals surface area contributed by atoms with Crippen molar-refractivity contribution in [1.29, 1.82) is 0 Å². The van der Waals surface area contributed by atoms with Crippen LogP contribution in [0.25, 0.3) is 0 Å². The fraction of sp³-hybridized carbons (Fsp3) is 0.455. The summed E-state index contributed by atoms with van der Waals surface area (Å²) in [5, 5.41) is 10.9. The van der Waals surface area contributed by atoms with Crippen molar-refractivity contribution in [2.75, 3.05) is 17.3 Å². The van der Waals surface area contributed by atoms with Crippen LogP contribution >= 0.6 is 0 Å². The maximum absolute atomic E-state index is 5.37. The van der Waals surface area contributed by atoms with E-state index in [9.17, 15) is 0 Å². The SMILES string of the molecule is CCc1nc(NN)cc(NCCCn2ccnn2)n1. The molecular weight excluding hydrogens is 244 g/mol. The number of nitrogens with zero attached hydrogens (tertiary/aromatic N) is 5. The van der Waals surface area contributed by atoms with Gasteiger partial charge in [0.2, 0.25) is 0 Å². The lowest BCUT2D eigenvalue weighted by atomic mass is 10.4. The van der Waals surface area contributed by atoms with Gasteiger partial charge in [-0.3, -0.25) is 4.68 Å². The lowest BCUT2D eigenvalue weighted by Crippen LogP contribution is -2.13. The molecule has 8 heteroatoms. The van der Waals surface area contributed by atoms with Crippen LogP contribution in [-0.4, -0.2) is 31.5 Å². The maximum atomic E-state index is 5.37. The van der Waals surface area contributed by atoms with Crippen molar-refractivity contribution in [3.05, 3.63) is 24.3 Å². The highest BCUT2D eigenvalue weighted by molar-refractivity contribution is 5.46. The van der Waals surface area contributed by atoms with Crippen molar-refractivity contribution >= 4 is 11.6 Å². The Morgan fingerprint density at radius 2 is 2.16 bits per heavy atom. The molecule has 102 valence electrons. The first-order valence-corrected chi connectivity index (χ1v) is 6.24. The number of anilines is 2. The van der Waals surface area contributed by atoms with Gasteiger partial charge in [0.05, 0.1) is 6.20 Å². The predicted octanol–water partition coefficient (Wildman–Crippen LogP) is 0.418. The van der Waals surface area contributed by atoms with Gasteiger partial charge in [-0.2, -0.15) is 0 Å². The average molecular weight is 262 g/mol. The number of hydrogen-bond acceptors (Lipinski definition) is 7. The first kappa shape index (κ1) is 13.2. The molecule has 0 amide bonds. The monoisotopic (exact) mass is 262 g/mol. The zero-order valence-corrected chi connectivity index (χ0v) is 10.9. The highest BCUT2D eigenvalue weighted by atomic mass is 15.4. The fourth-order valence-corrected chi connectivity index (χ4v) is 1.63. The molecule has 0 bridgehead atoms. The Morgan fingerprint density at radius 3 is 2.84 bits per heavy atom. The van der Waals surface area contributed by atoms with E-state index < -0.39 is 0 Å². The molecule has 0 unspecified atom stereocenters. The van der Waals surface area contributed by atoms with Crippen LogP contribution in [0.4, 0.5) is 11.6 Å². The molecule has 0 radical (unpaired) electrons. The van der Waals surface area contributed by atoms with Gasteiger partial charge in [-0.15, -0.1) is 5.10 Å². The van der Waals surface area contributed by atoms with Gasteiger partial charge in [0, 0.05) is 31.8 Å². The van der Waals surface area contributed by atoms with E-state index in [1.54, 1.807) is 16.9 Å². The maximum Gasteiger partial charge on any atom is 0.145 e. The molecule has 0 saturated carbocycles. The molecule has 0 saturated heterocycles. The third-order valence-corrected chi connectivity index (χ3v) is 2.58. The van der Waals surface area contributed by atoms with E-state index in [1.165, 1.54) is 0 Å². The summed E-state index contributed by atoms with van der Waals surface area (Å²) in [6.07, 6.45) is 5.21. The summed E-state index contributed by atoms with van der Waals surface area (Å²) in [4.78, 5) is 8.61. The molecule has 0 atom stereocenters. The van der Waals surface area contributed by atoms with Gasteiger partial charge in [-0.25, -0.2) is 15.8 Å². The number of hydrazine groups is 1. The Labute approximate surface area is 111 Å². The molecule has 19 heavy (non-hydrogen) atoms. The lowest BCUT2D eigenvalue weighted by Gasteiger charge is -2.08. The molecule has 0 aliphatic rings. The summed E-state index contributed by atoms with van der Waals surface area (Å²) >= 11 is 0. The van der Waals surface area contributed by atoms with Gasteiger partial charge >= 0.3 is 0 Å². The largest absolute Gasteiger partial charge is 0.370 e. The molecule has 8 nitrogen and oxygen atoms in total.